The molecular formula is C7H13N5. The van der Waals surface area contributed by atoms with E-state index in [0.29, 0.717) is 11.7 Å². The molecule has 1 heterocycles. The van der Waals surface area contributed by atoms with Crippen molar-refractivity contribution in [2.24, 2.45) is 5.92 Å². The van der Waals surface area contributed by atoms with Crippen molar-refractivity contribution in [1.82, 2.24) is 15.0 Å². The summed E-state index contributed by atoms with van der Waals surface area (Å²) < 4.78 is 0. The van der Waals surface area contributed by atoms with Crippen LogP contribution in [-0.4, -0.2) is 15.0 Å². The van der Waals surface area contributed by atoms with Crippen LogP contribution in [0.4, 0.5) is 11.9 Å². The second kappa shape index (κ2) is 3.34. The van der Waals surface area contributed by atoms with E-state index in [9.17, 15) is 0 Å². The summed E-state index contributed by atoms with van der Waals surface area (Å²) in [6, 6.07) is 0. The van der Waals surface area contributed by atoms with Crippen molar-refractivity contribution in [2.45, 2.75) is 20.3 Å². The fraction of sp³-hybridized carbons (Fsp3) is 0.571. The minimum atomic E-state index is 0.193. The molecule has 0 radical (unpaired) electrons. The topological polar surface area (TPSA) is 90.7 Å². The van der Waals surface area contributed by atoms with Gasteiger partial charge in [-0.25, -0.2) is 0 Å². The van der Waals surface area contributed by atoms with Gasteiger partial charge < -0.3 is 11.5 Å². The van der Waals surface area contributed by atoms with Crippen LogP contribution in [0.25, 0.3) is 0 Å². The molecule has 1 aromatic rings. The summed E-state index contributed by atoms with van der Waals surface area (Å²) in [5, 5.41) is 0. The minimum absolute atomic E-state index is 0.193. The molecule has 1 rings (SSSR count). The number of nitrogens with two attached hydrogens (primary N) is 2. The van der Waals surface area contributed by atoms with Crippen molar-refractivity contribution in [3.05, 3.63) is 5.82 Å². The third kappa shape index (κ3) is 2.34. The van der Waals surface area contributed by atoms with Gasteiger partial charge in [-0.1, -0.05) is 13.8 Å². The lowest BCUT2D eigenvalue weighted by molar-refractivity contribution is 0.620. The Morgan fingerprint density at radius 2 is 1.58 bits per heavy atom. The van der Waals surface area contributed by atoms with E-state index >= 15 is 0 Å². The highest BCUT2D eigenvalue weighted by molar-refractivity contribution is 5.25. The maximum absolute atomic E-state index is 5.39. The summed E-state index contributed by atoms with van der Waals surface area (Å²) >= 11 is 0. The molecule has 5 nitrogen and oxygen atoms in total. The standard InChI is InChI=1S/C7H13N5/c1-4(2)3-5-10-6(8)12-7(9)11-5/h4H,3H2,1-2H3,(H4,8,9,10,11,12). The molecule has 0 atom stereocenters. The van der Waals surface area contributed by atoms with Crippen LogP contribution in [0, 0.1) is 5.92 Å². The number of nitrogen functional groups attached to an aromatic ring is 2. The second-order valence-electron chi connectivity index (χ2n) is 3.07. The molecule has 0 aliphatic rings. The fourth-order valence-corrected chi connectivity index (χ4v) is 0.913. The molecule has 0 saturated carbocycles. The van der Waals surface area contributed by atoms with Gasteiger partial charge in [-0.15, -0.1) is 0 Å². The Morgan fingerprint density at radius 3 is 2.00 bits per heavy atom. The van der Waals surface area contributed by atoms with Crippen LogP contribution in [0.5, 0.6) is 0 Å². The molecule has 0 aliphatic carbocycles. The van der Waals surface area contributed by atoms with Crippen molar-refractivity contribution >= 4 is 11.9 Å². The van der Waals surface area contributed by atoms with Gasteiger partial charge in [0.2, 0.25) is 11.9 Å². The van der Waals surface area contributed by atoms with Crippen LogP contribution < -0.4 is 11.5 Å². The van der Waals surface area contributed by atoms with Crippen LogP contribution in [0.15, 0.2) is 0 Å². The van der Waals surface area contributed by atoms with Gasteiger partial charge in [-0.3, -0.25) is 0 Å². The second-order valence-corrected chi connectivity index (χ2v) is 3.07. The lowest BCUT2D eigenvalue weighted by Gasteiger charge is -2.03. The summed E-state index contributed by atoms with van der Waals surface area (Å²) in [6.45, 7) is 4.16. The number of aromatic nitrogens is 3. The molecule has 0 spiro atoms. The maximum Gasteiger partial charge on any atom is 0.225 e. The van der Waals surface area contributed by atoms with Gasteiger partial charge in [0.15, 0.2) is 0 Å². The third-order valence-electron chi connectivity index (χ3n) is 1.31. The van der Waals surface area contributed by atoms with E-state index in [4.69, 9.17) is 11.5 Å². The normalized spacial score (nSPS) is 10.6. The zero-order chi connectivity index (χ0) is 9.14. The Bertz CT molecular complexity index is 250. The highest BCUT2D eigenvalue weighted by Crippen LogP contribution is 2.04. The summed E-state index contributed by atoms with van der Waals surface area (Å²) in [5.74, 6) is 1.54. The summed E-state index contributed by atoms with van der Waals surface area (Å²) in [5.41, 5.74) is 10.8. The zero-order valence-electron chi connectivity index (χ0n) is 7.28. The molecule has 0 bridgehead atoms. The van der Waals surface area contributed by atoms with Crippen LogP contribution in [0.3, 0.4) is 0 Å². The van der Waals surface area contributed by atoms with E-state index in [0.717, 1.165) is 6.42 Å². The molecule has 5 heteroatoms. The molecule has 12 heavy (non-hydrogen) atoms. The molecule has 0 aliphatic heterocycles. The SMILES string of the molecule is CC(C)Cc1nc(N)nc(N)n1. The van der Waals surface area contributed by atoms with E-state index in [1.54, 1.807) is 0 Å². The van der Waals surface area contributed by atoms with Crippen LogP contribution in [0.1, 0.15) is 19.7 Å². The van der Waals surface area contributed by atoms with E-state index in [-0.39, 0.29) is 11.9 Å². The number of nitrogens with zero attached hydrogens (tertiary/aromatic N) is 3. The van der Waals surface area contributed by atoms with Crippen LogP contribution in [0.2, 0.25) is 0 Å². The average Bonchev–Trinajstić information content (AvgIpc) is 1.81. The molecule has 0 aromatic carbocycles. The Kier molecular flexibility index (Phi) is 2.42. The van der Waals surface area contributed by atoms with Gasteiger partial charge in [0.25, 0.3) is 0 Å². The first-order valence-electron chi connectivity index (χ1n) is 3.84. The van der Waals surface area contributed by atoms with Gasteiger partial charge in [0.1, 0.15) is 5.82 Å². The molecule has 0 unspecified atom stereocenters. The highest BCUT2D eigenvalue weighted by atomic mass is 15.1. The first-order chi connectivity index (χ1) is 5.58. The maximum atomic E-state index is 5.39. The molecule has 0 amide bonds. The number of anilines is 2. The van der Waals surface area contributed by atoms with Crippen molar-refractivity contribution in [2.75, 3.05) is 11.5 Å². The molecule has 66 valence electrons. The summed E-state index contributed by atoms with van der Waals surface area (Å²) in [7, 11) is 0. The van der Waals surface area contributed by atoms with Crippen LogP contribution >= 0.6 is 0 Å². The third-order valence-corrected chi connectivity index (χ3v) is 1.31. The van der Waals surface area contributed by atoms with Gasteiger partial charge in [-0.05, 0) is 5.92 Å². The minimum Gasteiger partial charge on any atom is -0.368 e. The predicted octanol–water partition coefficient (Wildman–Crippen LogP) is 0.234. The Morgan fingerprint density at radius 1 is 1.08 bits per heavy atom. The van der Waals surface area contributed by atoms with E-state index < -0.39 is 0 Å². The molecule has 1 aromatic heterocycles. The predicted molar refractivity (Wildman–Crippen MR) is 47.2 cm³/mol. The fourth-order valence-electron chi connectivity index (χ4n) is 0.913. The first kappa shape index (κ1) is 8.70. The average molecular weight is 167 g/mol. The quantitative estimate of drug-likeness (QED) is 0.658. The number of hydrogen-bond donors (Lipinski definition) is 2. The van der Waals surface area contributed by atoms with Gasteiger partial charge in [-0.2, -0.15) is 15.0 Å². The molecule has 0 fully saturated rings. The number of hydrogen-bond acceptors (Lipinski definition) is 5. The van der Waals surface area contributed by atoms with Gasteiger partial charge in [0.05, 0.1) is 0 Å². The largest absolute Gasteiger partial charge is 0.368 e. The smallest absolute Gasteiger partial charge is 0.225 e. The van der Waals surface area contributed by atoms with E-state index in [1.807, 2.05) is 0 Å². The molecular weight excluding hydrogens is 154 g/mol. The van der Waals surface area contributed by atoms with E-state index in [2.05, 4.69) is 28.8 Å². The molecule has 0 saturated heterocycles. The lowest BCUT2D eigenvalue weighted by Crippen LogP contribution is -2.08. The molecule has 4 N–H and O–H groups in total. The van der Waals surface area contributed by atoms with Crippen LogP contribution in [-0.2, 0) is 6.42 Å². The van der Waals surface area contributed by atoms with Crippen molar-refractivity contribution < 1.29 is 0 Å². The van der Waals surface area contributed by atoms with Gasteiger partial charge in [0, 0.05) is 6.42 Å². The van der Waals surface area contributed by atoms with Crippen molar-refractivity contribution in [3.63, 3.8) is 0 Å². The highest BCUT2D eigenvalue weighted by Gasteiger charge is 2.03. The Balaban J connectivity index is 2.85. The summed E-state index contributed by atoms with van der Waals surface area (Å²) in [6.07, 6.45) is 0.775. The van der Waals surface area contributed by atoms with Crippen molar-refractivity contribution in [3.8, 4) is 0 Å². The lowest BCUT2D eigenvalue weighted by atomic mass is 10.1. The van der Waals surface area contributed by atoms with E-state index in [1.165, 1.54) is 0 Å². The number of rotatable bonds is 2. The monoisotopic (exact) mass is 167 g/mol. The first-order valence-corrected chi connectivity index (χ1v) is 3.84. The van der Waals surface area contributed by atoms with Gasteiger partial charge >= 0.3 is 0 Å². The Labute approximate surface area is 71.2 Å². The summed E-state index contributed by atoms with van der Waals surface area (Å²) in [4.78, 5) is 11.6. The van der Waals surface area contributed by atoms with Crippen molar-refractivity contribution in [1.29, 1.82) is 0 Å². The zero-order valence-corrected chi connectivity index (χ0v) is 7.28. The Hall–Kier alpha value is -1.39.